The van der Waals surface area contributed by atoms with Crippen molar-refractivity contribution in [3.05, 3.63) is 17.0 Å². The molecule has 1 aromatic rings. The van der Waals surface area contributed by atoms with Gasteiger partial charge in [0.1, 0.15) is 5.00 Å². The number of amides is 2. The van der Waals surface area contributed by atoms with Gasteiger partial charge in [0.15, 0.2) is 6.61 Å². The number of hydrogen-bond donors (Lipinski definition) is 3. The standard InChI is InChI=1S/C18H22N2O5S/c19-14(22)12-1-2-26-15(12)20-13(21)8-25-16(23)17-4-10-3-11(5-17)7-18(24,6-10)9-17/h1-2,10-11,24H,3-9H2,(H2,19,22)(H,20,21)/t10-,11-,17?,18?/m1/s1. The van der Waals surface area contributed by atoms with Crippen molar-refractivity contribution in [2.45, 2.75) is 44.1 Å². The molecule has 26 heavy (non-hydrogen) atoms. The minimum Gasteiger partial charge on any atom is -0.455 e. The molecule has 4 bridgehead atoms. The van der Waals surface area contributed by atoms with Crippen molar-refractivity contribution in [1.82, 2.24) is 0 Å². The Balaban J connectivity index is 1.37. The number of nitrogens with one attached hydrogen (secondary N) is 1. The zero-order valence-corrected chi connectivity index (χ0v) is 15.1. The smallest absolute Gasteiger partial charge is 0.312 e. The van der Waals surface area contributed by atoms with E-state index in [4.69, 9.17) is 10.5 Å². The predicted octanol–water partition coefficient (Wildman–Crippen LogP) is 1.66. The quantitative estimate of drug-likeness (QED) is 0.673. The van der Waals surface area contributed by atoms with Crippen molar-refractivity contribution in [2.75, 3.05) is 11.9 Å². The van der Waals surface area contributed by atoms with Gasteiger partial charge in [-0.3, -0.25) is 14.4 Å². The van der Waals surface area contributed by atoms with Crippen molar-refractivity contribution in [3.8, 4) is 0 Å². The third kappa shape index (κ3) is 3.01. The molecule has 0 radical (unpaired) electrons. The number of esters is 1. The SMILES string of the molecule is NC(=O)c1ccsc1NC(=O)COC(=O)C12C[C@H]3C[C@@H](CC(O)(C3)C1)C2. The van der Waals surface area contributed by atoms with E-state index in [-0.39, 0.29) is 11.5 Å². The van der Waals surface area contributed by atoms with Crippen LogP contribution in [-0.2, 0) is 14.3 Å². The number of ether oxygens (including phenoxy) is 1. The highest BCUT2D eigenvalue weighted by atomic mass is 32.1. The summed E-state index contributed by atoms with van der Waals surface area (Å²) in [5, 5.41) is 15.3. The van der Waals surface area contributed by atoms with Crippen molar-refractivity contribution in [1.29, 1.82) is 0 Å². The first-order valence-electron chi connectivity index (χ1n) is 8.85. The van der Waals surface area contributed by atoms with Gasteiger partial charge in [-0.1, -0.05) is 0 Å². The maximum Gasteiger partial charge on any atom is 0.312 e. The Labute approximate surface area is 154 Å². The lowest BCUT2D eigenvalue weighted by molar-refractivity contribution is -0.196. The van der Waals surface area contributed by atoms with Crippen LogP contribution in [-0.4, -0.2) is 35.1 Å². The molecular formula is C18H22N2O5S. The lowest BCUT2D eigenvalue weighted by Crippen LogP contribution is -2.58. The van der Waals surface area contributed by atoms with Gasteiger partial charge >= 0.3 is 5.97 Å². The van der Waals surface area contributed by atoms with Crippen molar-refractivity contribution in [2.24, 2.45) is 23.0 Å². The van der Waals surface area contributed by atoms with Gasteiger partial charge < -0.3 is 20.9 Å². The Morgan fingerprint density at radius 3 is 2.58 bits per heavy atom. The van der Waals surface area contributed by atoms with Gasteiger partial charge in [0, 0.05) is 0 Å². The van der Waals surface area contributed by atoms with Crippen LogP contribution in [0.2, 0.25) is 0 Å². The second-order valence-corrected chi connectivity index (χ2v) is 9.03. The molecule has 2 atom stereocenters. The summed E-state index contributed by atoms with van der Waals surface area (Å²) < 4.78 is 5.31. The summed E-state index contributed by atoms with van der Waals surface area (Å²) in [4.78, 5) is 36.1. The van der Waals surface area contributed by atoms with Crippen molar-refractivity contribution < 1.29 is 24.2 Å². The summed E-state index contributed by atoms with van der Waals surface area (Å²) in [5.41, 5.74) is 4.08. The fourth-order valence-corrected chi connectivity index (χ4v) is 6.31. The largest absolute Gasteiger partial charge is 0.455 e. The number of aliphatic hydroxyl groups is 1. The van der Waals surface area contributed by atoms with Crippen LogP contribution in [0.1, 0.15) is 48.9 Å². The predicted molar refractivity (Wildman–Crippen MR) is 94.5 cm³/mol. The maximum atomic E-state index is 12.7. The van der Waals surface area contributed by atoms with Crippen LogP contribution in [0.4, 0.5) is 5.00 Å². The number of hydrogen-bond acceptors (Lipinski definition) is 6. The fourth-order valence-electron chi connectivity index (χ4n) is 5.50. The second-order valence-electron chi connectivity index (χ2n) is 8.12. The molecule has 4 N–H and O–H groups in total. The molecule has 0 unspecified atom stereocenters. The van der Waals surface area contributed by atoms with Crippen molar-refractivity contribution >= 4 is 34.1 Å². The molecule has 0 spiro atoms. The molecule has 4 aliphatic carbocycles. The summed E-state index contributed by atoms with van der Waals surface area (Å²) in [6, 6.07) is 1.53. The summed E-state index contributed by atoms with van der Waals surface area (Å²) in [7, 11) is 0. The topological polar surface area (TPSA) is 119 Å². The van der Waals surface area contributed by atoms with Crippen LogP contribution in [0.25, 0.3) is 0 Å². The first-order chi connectivity index (χ1) is 12.3. The zero-order valence-electron chi connectivity index (χ0n) is 14.3. The molecule has 4 fully saturated rings. The molecule has 2 amide bonds. The number of carbonyl (C=O) groups is 3. The van der Waals surface area contributed by atoms with E-state index >= 15 is 0 Å². The Kier molecular flexibility index (Phi) is 4.07. The number of carbonyl (C=O) groups excluding carboxylic acids is 3. The van der Waals surface area contributed by atoms with E-state index in [1.54, 1.807) is 5.38 Å². The molecule has 1 aromatic heterocycles. The van der Waals surface area contributed by atoms with E-state index in [1.807, 2.05) is 0 Å². The van der Waals surface area contributed by atoms with Gasteiger partial charge in [0.2, 0.25) is 0 Å². The zero-order chi connectivity index (χ0) is 18.5. The second kappa shape index (κ2) is 6.06. The molecular weight excluding hydrogens is 356 g/mol. The monoisotopic (exact) mass is 378 g/mol. The highest BCUT2D eigenvalue weighted by molar-refractivity contribution is 7.14. The van der Waals surface area contributed by atoms with Gasteiger partial charge in [0.25, 0.3) is 11.8 Å². The van der Waals surface area contributed by atoms with Crippen LogP contribution in [0.5, 0.6) is 0 Å². The fraction of sp³-hybridized carbons (Fsp3) is 0.611. The molecule has 0 aliphatic heterocycles. The molecule has 4 saturated carbocycles. The number of anilines is 1. The van der Waals surface area contributed by atoms with Gasteiger partial charge in [0.05, 0.1) is 16.6 Å². The van der Waals surface area contributed by atoms with Gasteiger partial charge in [-0.2, -0.15) is 0 Å². The summed E-state index contributed by atoms with van der Waals surface area (Å²) in [6.07, 6.45) is 4.53. The molecule has 1 heterocycles. The van der Waals surface area contributed by atoms with Crippen LogP contribution < -0.4 is 11.1 Å². The number of rotatable bonds is 5. The molecule has 8 heteroatoms. The summed E-state index contributed by atoms with van der Waals surface area (Å²) in [6.45, 7) is -0.412. The molecule has 7 nitrogen and oxygen atoms in total. The molecule has 5 rings (SSSR count). The minimum absolute atomic E-state index is 0.234. The maximum absolute atomic E-state index is 12.7. The van der Waals surface area contributed by atoms with Gasteiger partial charge in [-0.05, 0) is 61.8 Å². The Morgan fingerprint density at radius 1 is 1.27 bits per heavy atom. The minimum atomic E-state index is -0.751. The molecule has 140 valence electrons. The lowest BCUT2D eigenvalue weighted by Gasteiger charge is -2.58. The summed E-state index contributed by atoms with van der Waals surface area (Å²) >= 11 is 1.18. The average molecular weight is 378 g/mol. The van der Waals surface area contributed by atoms with Gasteiger partial charge in [-0.25, -0.2) is 0 Å². The van der Waals surface area contributed by atoms with E-state index in [0.29, 0.717) is 23.3 Å². The third-order valence-corrected chi connectivity index (χ3v) is 6.81. The molecule has 0 saturated heterocycles. The lowest BCUT2D eigenvalue weighted by atomic mass is 9.48. The van der Waals surface area contributed by atoms with Crippen LogP contribution >= 0.6 is 11.3 Å². The van der Waals surface area contributed by atoms with E-state index < -0.39 is 29.4 Å². The highest BCUT2D eigenvalue weighted by Crippen LogP contribution is 2.61. The first-order valence-corrected chi connectivity index (χ1v) is 9.73. The van der Waals surface area contributed by atoms with E-state index in [2.05, 4.69) is 5.32 Å². The average Bonchev–Trinajstić information content (AvgIpc) is 2.98. The number of primary amides is 1. The third-order valence-electron chi connectivity index (χ3n) is 5.98. The Morgan fingerprint density at radius 2 is 1.96 bits per heavy atom. The Bertz CT molecular complexity index is 759. The van der Waals surface area contributed by atoms with E-state index in [1.165, 1.54) is 17.4 Å². The van der Waals surface area contributed by atoms with Crippen LogP contribution in [0.15, 0.2) is 11.4 Å². The van der Waals surface area contributed by atoms with Crippen LogP contribution in [0, 0.1) is 17.3 Å². The van der Waals surface area contributed by atoms with Crippen LogP contribution in [0.3, 0.4) is 0 Å². The molecule has 0 aromatic carbocycles. The highest BCUT2D eigenvalue weighted by Gasteiger charge is 2.60. The number of thiophene rings is 1. The number of nitrogens with two attached hydrogens (primary N) is 1. The van der Waals surface area contributed by atoms with Crippen molar-refractivity contribution in [3.63, 3.8) is 0 Å². The summed E-state index contributed by atoms with van der Waals surface area (Å²) in [5.74, 6) is -0.785. The van der Waals surface area contributed by atoms with E-state index in [0.717, 1.165) is 32.1 Å². The Hall–Kier alpha value is -1.93. The normalized spacial score (nSPS) is 34.5. The van der Waals surface area contributed by atoms with Gasteiger partial charge in [-0.15, -0.1) is 11.3 Å². The van der Waals surface area contributed by atoms with E-state index in [9.17, 15) is 19.5 Å². The molecule has 4 aliphatic rings. The first kappa shape index (κ1) is 17.5.